The Morgan fingerprint density at radius 1 is 1.15 bits per heavy atom. The summed E-state index contributed by atoms with van der Waals surface area (Å²) in [5.41, 5.74) is 1.42. The Balaban J connectivity index is 1.86. The molecule has 1 aromatic heterocycles. The number of nitrogens with zero attached hydrogens (tertiary/aromatic N) is 4. The Morgan fingerprint density at radius 2 is 1.85 bits per heavy atom. The van der Waals surface area contributed by atoms with Crippen molar-refractivity contribution >= 4 is 46.1 Å². The first-order chi connectivity index (χ1) is 16.0. The van der Waals surface area contributed by atoms with Crippen LogP contribution in [0.5, 0.6) is 0 Å². The van der Waals surface area contributed by atoms with Gasteiger partial charge in [0.25, 0.3) is 11.5 Å². The molecule has 3 heterocycles. The third kappa shape index (κ3) is 4.63. The second-order valence-corrected chi connectivity index (χ2v) is 10.9. The first-order valence-electron chi connectivity index (χ1n) is 12.2. The van der Waals surface area contributed by atoms with Gasteiger partial charge in [-0.15, -0.1) is 0 Å². The fourth-order valence-corrected chi connectivity index (χ4v) is 6.58. The minimum Gasteiger partial charge on any atom is -0.357 e. The molecule has 1 saturated carbocycles. The van der Waals surface area contributed by atoms with E-state index >= 15 is 0 Å². The van der Waals surface area contributed by atoms with Crippen molar-refractivity contribution in [2.24, 2.45) is 0 Å². The maximum absolute atomic E-state index is 13.4. The lowest BCUT2D eigenvalue weighted by Gasteiger charge is -2.33. The molecule has 6 nitrogen and oxygen atoms in total. The zero-order chi connectivity index (χ0) is 23.5. The average Bonchev–Trinajstić information content (AvgIpc) is 3.43. The Kier molecular flexibility index (Phi) is 7.60. The number of pyridine rings is 1. The maximum Gasteiger partial charge on any atom is 0.270 e. The van der Waals surface area contributed by atoms with Crippen molar-refractivity contribution in [1.29, 1.82) is 5.26 Å². The van der Waals surface area contributed by atoms with Gasteiger partial charge < -0.3 is 4.90 Å². The van der Waals surface area contributed by atoms with Gasteiger partial charge in [-0.3, -0.25) is 19.1 Å². The number of rotatable bonds is 6. The van der Waals surface area contributed by atoms with Crippen molar-refractivity contribution < 1.29 is 4.79 Å². The van der Waals surface area contributed by atoms with Crippen LogP contribution in [0.3, 0.4) is 0 Å². The van der Waals surface area contributed by atoms with Crippen LogP contribution >= 0.6 is 24.0 Å². The van der Waals surface area contributed by atoms with E-state index < -0.39 is 0 Å². The Labute approximate surface area is 205 Å². The van der Waals surface area contributed by atoms with E-state index in [1.54, 1.807) is 9.47 Å². The van der Waals surface area contributed by atoms with Crippen molar-refractivity contribution in [3.05, 3.63) is 31.9 Å². The van der Waals surface area contributed by atoms with Crippen molar-refractivity contribution in [1.82, 2.24) is 9.47 Å². The van der Waals surface area contributed by atoms with Crippen LogP contribution in [0.2, 0.25) is 0 Å². The van der Waals surface area contributed by atoms with Crippen LogP contribution < -0.4 is 10.5 Å². The van der Waals surface area contributed by atoms with E-state index in [0.29, 0.717) is 21.3 Å². The largest absolute Gasteiger partial charge is 0.357 e. The van der Waals surface area contributed by atoms with E-state index in [-0.39, 0.29) is 23.1 Å². The van der Waals surface area contributed by atoms with Crippen LogP contribution in [0, 0.1) is 18.3 Å². The molecule has 3 fully saturated rings. The SMILES string of the molecule is CCCCn1c(N2CCCCC2)c(C=C2SC(=S)N(C3CCCC3)C2=O)c(C)c(C#N)c1=O. The highest BCUT2D eigenvalue weighted by atomic mass is 32.2. The molecule has 0 radical (unpaired) electrons. The Morgan fingerprint density at radius 3 is 2.48 bits per heavy atom. The quantitative estimate of drug-likeness (QED) is 0.420. The van der Waals surface area contributed by atoms with Gasteiger partial charge in [0.15, 0.2) is 0 Å². The average molecular weight is 485 g/mol. The van der Waals surface area contributed by atoms with Crippen molar-refractivity contribution in [2.75, 3.05) is 18.0 Å². The van der Waals surface area contributed by atoms with Crippen LogP contribution in [0.4, 0.5) is 5.82 Å². The molecule has 2 aliphatic heterocycles. The molecule has 1 amide bonds. The summed E-state index contributed by atoms with van der Waals surface area (Å²) in [7, 11) is 0. The molecule has 0 atom stereocenters. The van der Waals surface area contributed by atoms with E-state index in [0.717, 1.165) is 75.8 Å². The monoisotopic (exact) mass is 484 g/mol. The molecule has 33 heavy (non-hydrogen) atoms. The van der Waals surface area contributed by atoms with Crippen LogP contribution in [0.25, 0.3) is 6.08 Å². The molecular formula is C25H32N4O2S2. The van der Waals surface area contributed by atoms with Gasteiger partial charge in [0.05, 0.1) is 4.91 Å². The second-order valence-electron chi connectivity index (χ2n) is 9.20. The highest BCUT2D eigenvalue weighted by Gasteiger charge is 2.38. The lowest BCUT2D eigenvalue weighted by Crippen LogP contribution is -2.38. The number of aromatic nitrogens is 1. The van der Waals surface area contributed by atoms with E-state index in [4.69, 9.17) is 12.2 Å². The molecule has 8 heteroatoms. The number of carbonyl (C=O) groups is 1. The number of anilines is 1. The van der Waals surface area contributed by atoms with E-state index in [1.165, 1.54) is 18.2 Å². The van der Waals surface area contributed by atoms with Crippen molar-refractivity contribution in [3.8, 4) is 6.07 Å². The van der Waals surface area contributed by atoms with Gasteiger partial charge in [-0.1, -0.05) is 50.2 Å². The Hall–Kier alpha value is -2.11. The number of thiocarbonyl (C=S) groups is 1. The molecule has 2 saturated heterocycles. The summed E-state index contributed by atoms with van der Waals surface area (Å²) >= 11 is 6.95. The molecule has 0 spiro atoms. The van der Waals surface area contributed by atoms with Crippen LogP contribution in [0.15, 0.2) is 9.70 Å². The number of thioether (sulfide) groups is 1. The standard InChI is InChI=1S/C25H32N4O2S2/c1-3-4-14-28-22(27-12-8-5-9-13-27)19(17(2)20(16-26)23(28)30)15-21-24(31)29(25(32)33-21)18-10-6-7-11-18/h15,18H,3-14H2,1-2H3. The maximum atomic E-state index is 13.4. The van der Waals surface area contributed by atoms with Crippen molar-refractivity contribution in [2.45, 2.75) is 84.2 Å². The third-order valence-corrected chi connectivity index (χ3v) is 8.36. The first kappa shape index (κ1) is 24.0. The zero-order valence-electron chi connectivity index (χ0n) is 19.6. The molecule has 1 aromatic rings. The lowest BCUT2D eigenvalue weighted by atomic mass is 10.0. The van der Waals surface area contributed by atoms with E-state index in [2.05, 4.69) is 17.9 Å². The molecule has 0 N–H and O–H groups in total. The lowest BCUT2D eigenvalue weighted by molar-refractivity contribution is -0.123. The topological polar surface area (TPSA) is 69.3 Å². The summed E-state index contributed by atoms with van der Waals surface area (Å²) in [6, 6.07) is 2.33. The Bertz CT molecular complexity index is 1070. The van der Waals surface area contributed by atoms with Gasteiger partial charge in [-0.25, -0.2) is 0 Å². The number of piperidine rings is 1. The molecule has 1 aliphatic carbocycles. The van der Waals surface area contributed by atoms with Crippen LogP contribution in [-0.4, -0.2) is 38.8 Å². The number of unbranched alkanes of at least 4 members (excludes halogenated alkanes) is 1. The normalized spacial score (nSPS) is 20.8. The summed E-state index contributed by atoms with van der Waals surface area (Å²) < 4.78 is 2.40. The summed E-state index contributed by atoms with van der Waals surface area (Å²) in [6.45, 7) is 6.25. The predicted octanol–water partition coefficient (Wildman–Crippen LogP) is 4.96. The number of hydrogen-bond acceptors (Lipinski definition) is 6. The molecule has 3 aliphatic rings. The highest BCUT2D eigenvalue weighted by molar-refractivity contribution is 8.26. The smallest absolute Gasteiger partial charge is 0.270 e. The van der Waals surface area contributed by atoms with Gasteiger partial charge in [0.1, 0.15) is 21.8 Å². The van der Waals surface area contributed by atoms with Gasteiger partial charge in [0, 0.05) is 31.2 Å². The number of carbonyl (C=O) groups excluding carboxylic acids is 1. The number of hydrogen-bond donors (Lipinski definition) is 0. The first-order valence-corrected chi connectivity index (χ1v) is 13.4. The summed E-state index contributed by atoms with van der Waals surface area (Å²) in [6.07, 6.45) is 11.3. The van der Waals surface area contributed by atoms with Crippen LogP contribution in [0.1, 0.15) is 81.4 Å². The molecular weight excluding hydrogens is 452 g/mol. The minimum atomic E-state index is -0.223. The van der Waals surface area contributed by atoms with Gasteiger partial charge in [-0.2, -0.15) is 5.26 Å². The minimum absolute atomic E-state index is 0.0364. The predicted molar refractivity (Wildman–Crippen MR) is 138 cm³/mol. The molecule has 0 bridgehead atoms. The zero-order valence-corrected chi connectivity index (χ0v) is 21.2. The number of nitriles is 1. The molecule has 0 aromatic carbocycles. The van der Waals surface area contributed by atoms with Crippen LogP contribution in [-0.2, 0) is 11.3 Å². The van der Waals surface area contributed by atoms with E-state index in [9.17, 15) is 14.9 Å². The number of amides is 1. The van der Waals surface area contributed by atoms with Gasteiger partial charge in [0.2, 0.25) is 0 Å². The fourth-order valence-electron chi connectivity index (χ4n) is 5.20. The van der Waals surface area contributed by atoms with Gasteiger partial charge in [-0.05, 0) is 57.1 Å². The fraction of sp³-hybridized carbons (Fsp3) is 0.600. The summed E-state index contributed by atoms with van der Waals surface area (Å²) in [5, 5.41) is 9.82. The third-order valence-electron chi connectivity index (χ3n) is 7.03. The molecule has 176 valence electrons. The summed E-state index contributed by atoms with van der Waals surface area (Å²) in [4.78, 5) is 31.4. The highest BCUT2D eigenvalue weighted by Crippen LogP contribution is 2.39. The van der Waals surface area contributed by atoms with Crippen molar-refractivity contribution in [3.63, 3.8) is 0 Å². The molecule has 4 rings (SSSR count). The summed E-state index contributed by atoms with van der Waals surface area (Å²) in [5.74, 6) is 0.821. The molecule has 0 unspecified atom stereocenters. The van der Waals surface area contributed by atoms with E-state index in [1.807, 2.05) is 13.0 Å². The second kappa shape index (κ2) is 10.4. The van der Waals surface area contributed by atoms with Gasteiger partial charge >= 0.3 is 0 Å².